The van der Waals surface area contributed by atoms with Crippen molar-refractivity contribution in [3.63, 3.8) is 0 Å². The molecular weight excluding hydrogens is 871 g/mol. The van der Waals surface area contributed by atoms with Crippen molar-refractivity contribution in [3.8, 4) is 0 Å². The van der Waals surface area contributed by atoms with E-state index in [0.717, 1.165) is 0 Å². The predicted octanol–water partition coefficient (Wildman–Crippen LogP) is 19.7. The fourth-order valence-electron chi connectivity index (χ4n) is 9.99. The van der Waals surface area contributed by atoms with E-state index >= 15 is 0 Å². The van der Waals surface area contributed by atoms with Crippen molar-refractivity contribution in [3.05, 3.63) is 59.7 Å². The summed E-state index contributed by atoms with van der Waals surface area (Å²) in [5.41, 5.74) is 0.235. The first-order valence-electron chi connectivity index (χ1n) is 29.7. The van der Waals surface area contributed by atoms with E-state index in [0.29, 0.717) is 9.79 Å². The van der Waals surface area contributed by atoms with E-state index in [2.05, 4.69) is 27.7 Å². The normalized spacial score (nSPS) is 11.6. The van der Waals surface area contributed by atoms with Crippen LogP contribution in [0.25, 0.3) is 0 Å². The van der Waals surface area contributed by atoms with Crippen LogP contribution in [0.15, 0.2) is 58.3 Å². The fraction of sp³-hybridized carbons (Fsp3) is 0.774. The number of rotatable bonds is 48. The van der Waals surface area contributed by atoms with Crippen LogP contribution in [0.5, 0.6) is 0 Å². The van der Waals surface area contributed by atoms with Crippen molar-refractivity contribution in [1.82, 2.24) is 0 Å². The maximum absolute atomic E-state index is 12.2. The zero-order chi connectivity index (χ0) is 50.3. The summed E-state index contributed by atoms with van der Waals surface area (Å²) in [5, 5.41) is 17.6. The molecule has 6 nitrogen and oxygen atoms in total. The van der Waals surface area contributed by atoms with Gasteiger partial charge in [0, 0.05) is 9.79 Å². The zero-order valence-electron chi connectivity index (χ0n) is 45.7. The topological polar surface area (TPSA) is 91.7 Å². The van der Waals surface area contributed by atoms with Crippen molar-refractivity contribution >= 4 is 22.7 Å². The van der Waals surface area contributed by atoms with Gasteiger partial charge in [-0.25, -0.2) is 13.8 Å². The van der Waals surface area contributed by atoms with Crippen LogP contribution in [0.2, 0.25) is 0 Å². The summed E-state index contributed by atoms with van der Waals surface area (Å²) in [6.07, 6.45) is 58.7. The lowest BCUT2D eigenvalue weighted by atomic mass is 10.0. The van der Waals surface area contributed by atoms with Gasteiger partial charge in [-0.2, -0.15) is 0 Å². The molecule has 0 aliphatic carbocycles. The van der Waals surface area contributed by atoms with Crippen LogP contribution in [0.4, 0.5) is 0 Å². The third kappa shape index (κ3) is 36.1. The van der Waals surface area contributed by atoms with Gasteiger partial charge in [0.15, 0.2) is 0 Å². The van der Waals surface area contributed by atoms with Gasteiger partial charge >= 0.3 is 11.9 Å². The molecule has 69 heavy (non-hydrogen) atoms. The molecule has 0 aromatic heterocycles. The predicted molar refractivity (Wildman–Crippen MR) is 299 cm³/mol. The minimum Gasteiger partial charge on any atom is -0.478 e. The van der Waals surface area contributed by atoms with Gasteiger partial charge in [-0.3, -0.25) is 0 Å². The van der Waals surface area contributed by atoms with Gasteiger partial charge in [0.1, 0.15) is 0 Å². The summed E-state index contributed by atoms with van der Waals surface area (Å²) >= 11 is 0. The molecule has 0 aliphatic rings. The molecule has 0 spiro atoms. The lowest BCUT2D eigenvalue weighted by Crippen LogP contribution is -2.50. The molecule has 0 unspecified atom stereocenters. The van der Waals surface area contributed by atoms with Gasteiger partial charge < -0.3 is 14.7 Å². The first kappa shape index (κ1) is 64.5. The summed E-state index contributed by atoms with van der Waals surface area (Å²) in [5.74, 6) is -2.10. The molecule has 0 bridgehead atoms. The lowest BCUT2D eigenvalue weighted by molar-refractivity contribution is -0.929. The number of carboxylic acids is 2. The quantitative estimate of drug-likeness (QED) is 0.0509. The number of carboxylic acid groups (broad SMARTS) is 2. The third-order valence-corrected chi connectivity index (χ3v) is 16.0. The Morgan fingerprint density at radius 3 is 0.667 bits per heavy atom. The Labute approximate surface area is 429 Å². The second-order valence-corrected chi connectivity index (χ2v) is 22.4. The molecule has 2 rings (SSSR count). The summed E-state index contributed by atoms with van der Waals surface area (Å²) < 4.78 is 13.7. The standard InChI is InChI=1S/C48H100N.C14H10O5S/c1-5-9-13-17-21-25-29-33-37-41-45-49(46-42-38-34-30-26-22-18-14-10-6-2,47-43-39-35-31-27-23-19-15-11-7-3)48-44-40-36-32-28-24-20-16-12-8-4;15-13(16)9-1-5-11(6-2-9)20(19)12-7-3-10(4-8-12)14(17)18/h5-48H2,1-4H3;1-8H,(H,15,16)(H,17,18)/q+1;. The second-order valence-electron chi connectivity index (χ2n) is 20.9. The van der Waals surface area contributed by atoms with Crippen molar-refractivity contribution in [2.45, 2.75) is 294 Å². The molecule has 398 valence electrons. The first-order valence-corrected chi connectivity index (χ1v) is 30.8. The van der Waals surface area contributed by atoms with Gasteiger partial charge in [0.05, 0.1) is 48.1 Å². The molecule has 0 amide bonds. The van der Waals surface area contributed by atoms with Crippen LogP contribution in [0, 0.1) is 0 Å². The maximum atomic E-state index is 12.2. The smallest absolute Gasteiger partial charge is 0.335 e. The minimum absolute atomic E-state index is 0.118. The summed E-state index contributed by atoms with van der Waals surface area (Å²) in [6, 6.07) is 11.4. The van der Waals surface area contributed by atoms with Crippen LogP contribution in [0.1, 0.15) is 305 Å². The number of aromatic carboxylic acids is 2. The molecule has 0 heterocycles. The van der Waals surface area contributed by atoms with Crippen molar-refractivity contribution in [1.29, 1.82) is 0 Å². The molecule has 2 aromatic rings. The van der Waals surface area contributed by atoms with Gasteiger partial charge in [-0.15, -0.1) is 0 Å². The molecule has 0 saturated heterocycles. The molecule has 0 aliphatic heterocycles. The third-order valence-electron chi connectivity index (χ3n) is 14.6. The SMILES string of the molecule is CCCCCCCCCCCC[N+](CCCCCCCCCCCC)(CCCCCCCCCCCC)CCCCCCCCCCCC.O=C(O)c1ccc(S(=O)c2ccc(C(=O)O)cc2)cc1. The van der Waals surface area contributed by atoms with Crippen molar-refractivity contribution in [2.75, 3.05) is 26.2 Å². The van der Waals surface area contributed by atoms with E-state index in [9.17, 15) is 13.8 Å². The number of hydrogen-bond acceptors (Lipinski definition) is 3. The average molecular weight is 982 g/mol. The Hall–Kier alpha value is -2.51. The second kappa shape index (κ2) is 46.6. The monoisotopic (exact) mass is 981 g/mol. The van der Waals surface area contributed by atoms with Gasteiger partial charge in [-0.1, -0.05) is 233 Å². The Kier molecular flexibility index (Phi) is 43.5. The van der Waals surface area contributed by atoms with Gasteiger partial charge in [0.2, 0.25) is 0 Å². The first-order chi connectivity index (χ1) is 33.7. The van der Waals surface area contributed by atoms with E-state index < -0.39 is 22.7 Å². The van der Waals surface area contributed by atoms with Crippen LogP contribution in [-0.4, -0.2) is 57.0 Å². The Morgan fingerprint density at radius 1 is 0.319 bits per heavy atom. The lowest BCUT2D eigenvalue weighted by Gasteiger charge is -2.40. The van der Waals surface area contributed by atoms with Crippen LogP contribution >= 0.6 is 0 Å². The molecule has 0 radical (unpaired) electrons. The molecule has 0 fully saturated rings. The Bertz CT molecular complexity index is 1320. The molecule has 7 heteroatoms. The summed E-state index contributed by atoms with van der Waals surface area (Å²) in [7, 11) is -1.48. The number of nitrogens with zero attached hydrogens (tertiary/aromatic N) is 1. The molecule has 0 saturated carbocycles. The Balaban J connectivity index is 0.000000976. The number of quaternary nitrogens is 1. The molecule has 2 N–H and O–H groups in total. The molecule has 0 atom stereocenters. The fourth-order valence-corrected chi connectivity index (χ4v) is 11.0. The van der Waals surface area contributed by atoms with E-state index in [-0.39, 0.29) is 11.1 Å². The molecule has 2 aromatic carbocycles. The highest BCUT2D eigenvalue weighted by molar-refractivity contribution is 7.85. The molecular formula is C62H110NO5S+. The zero-order valence-corrected chi connectivity index (χ0v) is 46.5. The van der Waals surface area contributed by atoms with E-state index in [1.54, 1.807) is 0 Å². The van der Waals surface area contributed by atoms with Crippen LogP contribution in [0.3, 0.4) is 0 Å². The summed E-state index contributed by atoms with van der Waals surface area (Å²) in [4.78, 5) is 22.4. The summed E-state index contributed by atoms with van der Waals surface area (Å²) in [6.45, 7) is 15.3. The van der Waals surface area contributed by atoms with Crippen LogP contribution < -0.4 is 0 Å². The minimum atomic E-state index is -1.48. The highest BCUT2D eigenvalue weighted by Crippen LogP contribution is 2.23. The van der Waals surface area contributed by atoms with E-state index in [1.165, 1.54) is 336 Å². The number of benzene rings is 2. The van der Waals surface area contributed by atoms with Gasteiger partial charge in [-0.05, 0) is 99.9 Å². The average Bonchev–Trinajstić information content (AvgIpc) is 3.36. The Morgan fingerprint density at radius 2 is 0.493 bits per heavy atom. The highest BCUT2D eigenvalue weighted by atomic mass is 32.2. The van der Waals surface area contributed by atoms with Crippen molar-refractivity contribution < 1.29 is 28.5 Å². The largest absolute Gasteiger partial charge is 0.478 e. The number of carbonyl (C=O) groups is 2. The van der Waals surface area contributed by atoms with E-state index in [1.807, 2.05) is 0 Å². The van der Waals surface area contributed by atoms with Crippen LogP contribution in [-0.2, 0) is 10.8 Å². The highest BCUT2D eigenvalue weighted by Gasteiger charge is 2.26. The number of hydrogen-bond donors (Lipinski definition) is 2. The maximum Gasteiger partial charge on any atom is 0.335 e. The number of unbranched alkanes of at least 4 members (excludes halogenated alkanes) is 36. The van der Waals surface area contributed by atoms with E-state index in [4.69, 9.17) is 10.2 Å². The van der Waals surface area contributed by atoms with Crippen molar-refractivity contribution in [2.24, 2.45) is 0 Å². The van der Waals surface area contributed by atoms with Gasteiger partial charge in [0.25, 0.3) is 0 Å².